The summed E-state index contributed by atoms with van der Waals surface area (Å²) in [6.45, 7) is 0.504. The Hall–Kier alpha value is -2.14. The predicted octanol–water partition coefficient (Wildman–Crippen LogP) is 4.21. The molecule has 2 aromatic rings. The van der Waals surface area contributed by atoms with Crippen LogP contribution in [-0.2, 0) is 4.79 Å². The van der Waals surface area contributed by atoms with Crippen molar-refractivity contribution in [1.82, 2.24) is 0 Å². The van der Waals surface area contributed by atoms with Crippen molar-refractivity contribution in [2.24, 2.45) is 0 Å². The summed E-state index contributed by atoms with van der Waals surface area (Å²) < 4.78 is 10.7. The molecule has 2 aromatic carbocycles. The van der Waals surface area contributed by atoms with Gasteiger partial charge in [-0.1, -0.05) is 12.1 Å². The molecule has 2 rings (SSSR count). The van der Waals surface area contributed by atoms with Crippen LogP contribution in [0.1, 0.15) is 12.8 Å². The molecular weight excluding hydrogens is 310 g/mol. The molecule has 122 valence electrons. The summed E-state index contributed by atoms with van der Waals surface area (Å²) in [6, 6.07) is 15.2. The molecule has 0 aliphatic rings. The number of ether oxygens (including phenoxy) is 2. The molecule has 0 bridgehead atoms. The summed E-state index contributed by atoms with van der Waals surface area (Å²) in [7, 11) is 1.63. The standard InChI is InChI=1S/C18H21NO3S/c1-21-14-9-11-15(12-10-14)22-13-5-8-18(20)19-16-6-3-4-7-17(16)23-2/h3-4,6-7,9-12H,5,8,13H2,1-2H3,(H,19,20). The first-order valence-corrected chi connectivity index (χ1v) is 8.65. The highest BCUT2D eigenvalue weighted by Crippen LogP contribution is 2.24. The van der Waals surface area contributed by atoms with Crippen molar-refractivity contribution in [2.75, 3.05) is 25.3 Å². The number of nitrogens with one attached hydrogen (secondary N) is 1. The third-order valence-electron chi connectivity index (χ3n) is 3.26. The first kappa shape index (κ1) is 17.2. The first-order valence-electron chi connectivity index (χ1n) is 7.42. The molecule has 0 radical (unpaired) electrons. The zero-order chi connectivity index (χ0) is 16.5. The SMILES string of the molecule is COc1ccc(OCCCC(=O)Nc2ccccc2SC)cc1. The highest BCUT2D eigenvalue weighted by molar-refractivity contribution is 7.98. The van der Waals surface area contributed by atoms with E-state index < -0.39 is 0 Å². The Kier molecular flexibility index (Phi) is 6.81. The van der Waals surface area contributed by atoms with Gasteiger partial charge in [0.05, 0.1) is 19.4 Å². The fraction of sp³-hybridized carbons (Fsp3) is 0.278. The quantitative estimate of drug-likeness (QED) is 0.581. The van der Waals surface area contributed by atoms with Crippen LogP contribution in [0.25, 0.3) is 0 Å². The minimum absolute atomic E-state index is 0.00447. The molecule has 0 heterocycles. The van der Waals surface area contributed by atoms with Gasteiger partial charge < -0.3 is 14.8 Å². The van der Waals surface area contributed by atoms with Crippen molar-refractivity contribution in [3.63, 3.8) is 0 Å². The van der Waals surface area contributed by atoms with Gasteiger partial charge >= 0.3 is 0 Å². The van der Waals surface area contributed by atoms with Gasteiger partial charge in [0.2, 0.25) is 5.91 Å². The lowest BCUT2D eigenvalue weighted by atomic mass is 10.2. The number of benzene rings is 2. The van der Waals surface area contributed by atoms with Gasteiger partial charge in [0.25, 0.3) is 0 Å². The topological polar surface area (TPSA) is 47.6 Å². The number of carbonyl (C=O) groups is 1. The van der Waals surface area contributed by atoms with Crippen LogP contribution in [0.4, 0.5) is 5.69 Å². The van der Waals surface area contributed by atoms with Gasteiger partial charge in [-0.05, 0) is 49.1 Å². The summed E-state index contributed by atoms with van der Waals surface area (Å²) in [5.41, 5.74) is 0.862. The van der Waals surface area contributed by atoms with Gasteiger partial charge in [-0.2, -0.15) is 0 Å². The molecule has 4 nitrogen and oxygen atoms in total. The fourth-order valence-electron chi connectivity index (χ4n) is 2.06. The smallest absolute Gasteiger partial charge is 0.224 e. The number of amides is 1. The summed E-state index contributed by atoms with van der Waals surface area (Å²) in [5, 5.41) is 2.94. The van der Waals surface area contributed by atoms with Crippen LogP contribution in [0.5, 0.6) is 11.5 Å². The van der Waals surface area contributed by atoms with Gasteiger partial charge in [0.15, 0.2) is 0 Å². The van der Waals surface area contributed by atoms with E-state index in [1.54, 1.807) is 18.9 Å². The molecule has 5 heteroatoms. The molecule has 1 amide bonds. The van der Waals surface area contributed by atoms with E-state index in [1.165, 1.54) is 0 Å². The molecule has 1 N–H and O–H groups in total. The van der Waals surface area contributed by atoms with E-state index in [1.807, 2.05) is 54.8 Å². The molecule has 0 unspecified atom stereocenters. The molecule has 0 spiro atoms. The Balaban J connectivity index is 1.72. The third kappa shape index (κ3) is 5.53. The highest BCUT2D eigenvalue weighted by atomic mass is 32.2. The van der Waals surface area contributed by atoms with E-state index in [2.05, 4.69) is 5.32 Å². The van der Waals surface area contributed by atoms with Gasteiger partial charge in [-0.25, -0.2) is 0 Å². The van der Waals surface area contributed by atoms with Crippen molar-refractivity contribution in [3.05, 3.63) is 48.5 Å². The Morgan fingerprint density at radius 2 is 1.78 bits per heavy atom. The minimum atomic E-state index is 0.00447. The summed E-state index contributed by atoms with van der Waals surface area (Å²) in [4.78, 5) is 13.0. The van der Waals surface area contributed by atoms with E-state index in [0.717, 1.165) is 22.1 Å². The Morgan fingerprint density at radius 1 is 1.09 bits per heavy atom. The number of rotatable bonds is 8. The summed E-state index contributed by atoms with van der Waals surface area (Å²) in [6.07, 6.45) is 3.09. The summed E-state index contributed by atoms with van der Waals surface area (Å²) >= 11 is 1.62. The van der Waals surface area contributed by atoms with Crippen LogP contribution >= 0.6 is 11.8 Å². The third-order valence-corrected chi connectivity index (χ3v) is 4.05. The van der Waals surface area contributed by atoms with Crippen LogP contribution in [0, 0.1) is 0 Å². The average molecular weight is 331 g/mol. The normalized spacial score (nSPS) is 10.2. The van der Waals surface area contributed by atoms with Gasteiger partial charge in [0.1, 0.15) is 11.5 Å². The zero-order valence-electron chi connectivity index (χ0n) is 13.4. The van der Waals surface area contributed by atoms with E-state index >= 15 is 0 Å². The Morgan fingerprint density at radius 3 is 2.48 bits per heavy atom. The molecule has 0 aromatic heterocycles. The van der Waals surface area contributed by atoms with E-state index in [9.17, 15) is 4.79 Å². The molecule has 23 heavy (non-hydrogen) atoms. The number of hydrogen-bond acceptors (Lipinski definition) is 4. The van der Waals surface area contributed by atoms with E-state index in [4.69, 9.17) is 9.47 Å². The van der Waals surface area contributed by atoms with Crippen LogP contribution in [-0.4, -0.2) is 25.9 Å². The van der Waals surface area contributed by atoms with Gasteiger partial charge in [-0.15, -0.1) is 11.8 Å². The fourth-order valence-corrected chi connectivity index (χ4v) is 2.61. The second kappa shape index (κ2) is 9.10. The lowest BCUT2D eigenvalue weighted by Crippen LogP contribution is -2.13. The molecule has 0 aliphatic carbocycles. The summed E-state index contributed by atoms with van der Waals surface area (Å²) in [5.74, 6) is 1.58. The lowest BCUT2D eigenvalue weighted by molar-refractivity contribution is -0.116. The predicted molar refractivity (Wildman–Crippen MR) is 94.6 cm³/mol. The zero-order valence-corrected chi connectivity index (χ0v) is 14.2. The number of methoxy groups -OCH3 is 1. The Labute approximate surface area is 141 Å². The molecular formula is C18H21NO3S. The lowest BCUT2D eigenvalue weighted by Gasteiger charge is -2.10. The maximum atomic E-state index is 12.0. The van der Waals surface area contributed by atoms with Crippen LogP contribution < -0.4 is 14.8 Å². The van der Waals surface area contributed by atoms with Crippen molar-refractivity contribution in [2.45, 2.75) is 17.7 Å². The van der Waals surface area contributed by atoms with Crippen LogP contribution in [0.2, 0.25) is 0 Å². The highest BCUT2D eigenvalue weighted by Gasteiger charge is 2.06. The number of thioether (sulfide) groups is 1. The van der Waals surface area contributed by atoms with Gasteiger partial charge in [0, 0.05) is 11.3 Å². The number of para-hydroxylation sites is 1. The molecule has 0 saturated heterocycles. The van der Waals surface area contributed by atoms with Crippen LogP contribution in [0.15, 0.2) is 53.4 Å². The Bertz CT molecular complexity index is 628. The second-order valence-corrected chi connectivity index (χ2v) is 5.72. The second-order valence-electron chi connectivity index (χ2n) is 4.88. The molecule has 0 aliphatic heterocycles. The van der Waals surface area contributed by atoms with Crippen molar-refractivity contribution in [3.8, 4) is 11.5 Å². The average Bonchev–Trinajstić information content (AvgIpc) is 2.59. The van der Waals surface area contributed by atoms with Crippen LogP contribution in [0.3, 0.4) is 0 Å². The number of anilines is 1. The minimum Gasteiger partial charge on any atom is -0.497 e. The monoisotopic (exact) mass is 331 g/mol. The van der Waals surface area contributed by atoms with Gasteiger partial charge in [-0.3, -0.25) is 4.79 Å². The maximum absolute atomic E-state index is 12.0. The largest absolute Gasteiger partial charge is 0.497 e. The number of hydrogen-bond donors (Lipinski definition) is 1. The van der Waals surface area contributed by atoms with Crippen molar-refractivity contribution < 1.29 is 14.3 Å². The molecule has 0 saturated carbocycles. The van der Waals surface area contributed by atoms with E-state index in [-0.39, 0.29) is 5.91 Å². The van der Waals surface area contributed by atoms with E-state index in [0.29, 0.717) is 19.4 Å². The number of carbonyl (C=O) groups excluding carboxylic acids is 1. The maximum Gasteiger partial charge on any atom is 0.224 e. The van der Waals surface area contributed by atoms with Crippen molar-refractivity contribution in [1.29, 1.82) is 0 Å². The van der Waals surface area contributed by atoms with Crippen molar-refractivity contribution >= 4 is 23.4 Å². The first-order chi connectivity index (χ1) is 11.2. The molecule has 0 atom stereocenters. The molecule has 0 fully saturated rings.